The molecule has 0 aliphatic heterocycles. The predicted molar refractivity (Wildman–Crippen MR) is 148 cm³/mol. The SMILES string of the molecule is CC.CC.Nc1ncccc1-c1nc2cc(Br)c(-c3ccc(F)cc3)nc2n1-c1ccc(CO)cc1. The number of aliphatic hydroxyl groups is 1. The van der Waals surface area contributed by atoms with Gasteiger partial charge in [0.15, 0.2) is 11.5 Å². The van der Waals surface area contributed by atoms with E-state index in [1.807, 2.05) is 68.7 Å². The van der Waals surface area contributed by atoms with E-state index in [2.05, 4.69) is 20.9 Å². The number of aliphatic hydroxyl groups excluding tert-OH is 1. The first kappa shape index (κ1) is 27.0. The minimum absolute atomic E-state index is 0.0483. The minimum atomic E-state index is -0.311. The zero-order valence-corrected chi connectivity index (χ0v) is 22.3. The number of pyridine rings is 2. The topological polar surface area (TPSA) is 89.9 Å². The Kier molecular flexibility index (Phi) is 9.27. The summed E-state index contributed by atoms with van der Waals surface area (Å²) in [6.07, 6.45) is 1.63. The van der Waals surface area contributed by atoms with E-state index in [1.165, 1.54) is 12.1 Å². The molecule has 36 heavy (non-hydrogen) atoms. The average molecular weight is 550 g/mol. The van der Waals surface area contributed by atoms with Gasteiger partial charge in [-0.1, -0.05) is 39.8 Å². The summed E-state index contributed by atoms with van der Waals surface area (Å²) in [6.45, 7) is 7.95. The van der Waals surface area contributed by atoms with Gasteiger partial charge in [-0.25, -0.2) is 19.3 Å². The molecular weight excluding hydrogens is 521 g/mol. The van der Waals surface area contributed by atoms with Gasteiger partial charge in [-0.05, 0) is 76.1 Å². The van der Waals surface area contributed by atoms with Gasteiger partial charge >= 0.3 is 0 Å². The Morgan fingerprint density at radius 1 is 0.944 bits per heavy atom. The summed E-state index contributed by atoms with van der Waals surface area (Å²) in [5.41, 5.74) is 11.2. The Morgan fingerprint density at radius 3 is 2.22 bits per heavy atom. The van der Waals surface area contributed by atoms with Crippen molar-refractivity contribution in [1.82, 2.24) is 19.5 Å². The molecule has 186 valence electrons. The number of hydrogen-bond acceptors (Lipinski definition) is 5. The van der Waals surface area contributed by atoms with E-state index >= 15 is 0 Å². The van der Waals surface area contributed by atoms with Crippen LogP contribution in [0.5, 0.6) is 0 Å². The third-order valence-corrected chi connectivity index (χ3v) is 5.77. The van der Waals surface area contributed by atoms with Crippen molar-refractivity contribution in [3.05, 3.63) is 88.8 Å². The van der Waals surface area contributed by atoms with E-state index in [9.17, 15) is 9.50 Å². The van der Waals surface area contributed by atoms with Crippen LogP contribution in [-0.2, 0) is 6.61 Å². The maximum atomic E-state index is 13.5. The minimum Gasteiger partial charge on any atom is -0.392 e. The molecular formula is C28H29BrFN5O. The van der Waals surface area contributed by atoms with Crippen LogP contribution in [0.3, 0.4) is 0 Å². The fourth-order valence-electron chi connectivity index (χ4n) is 3.57. The number of aromatic nitrogens is 4. The number of halogens is 2. The summed E-state index contributed by atoms with van der Waals surface area (Å²) in [4.78, 5) is 13.9. The van der Waals surface area contributed by atoms with Gasteiger partial charge < -0.3 is 10.8 Å². The smallest absolute Gasteiger partial charge is 0.165 e. The maximum Gasteiger partial charge on any atom is 0.165 e. The monoisotopic (exact) mass is 549 g/mol. The lowest BCUT2D eigenvalue weighted by Crippen LogP contribution is -2.02. The van der Waals surface area contributed by atoms with Gasteiger partial charge in [-0.2, -0.15) is 0 Å². The molecule has 3 heterocycles. The number of nitrogens with two attached hydrogens (primary N) is 1. The molecule has 0 radical (unpaired) electrons. The molecule has 0 spiro atoms. The van der Waals surface area contributed by atoms with Crippen molar-refractivity contribution in [2.75, 3.05) is 5.73 Å². The predicted octanol–water partition coefficient (Wildman–Crippen LogP) is 7.18. The van der Waals surface area contributed by atoms with Gasteiger partial charge in [0.25, 0.3) is 0 Å². The highest BCUT2D eigenvalue weighted by Gasteiger charge is 2.20. The molecule has 5 rings (SSSR count). The number of nitrogens with zero attached hydrogens (tertiary/aromatic N) is 4. The lowest BCUT2D eigenvalue weighted by Gasteiger charge is -2.11. The van der Waals surface area contributed by atoms with E-state index in [4.69, 9.17) is 15.7 Å². The van der Waals surface area contributed by atoms with Gasteiger partial charge in [0.1, 0.15) is 17.2 Å². The molecule has 0 unspecified atom stereocenters. The Bertz CT molecular complexity index is 1430. The first-order valence-electron chi connectivity index (χ1n) is 11.8. The highest BCUT2D eigenvalue weighted by molar-refractivity contribution is 9.10. The summed E-state index contributed by atoms with van der Waals surface area (Å²) in [7, 11) is 0. The van der Waals surface area contributed by atoms with Gasteiger partial charge in [-0.15, -0.1) is 0 Å². The number of hydrogen-bond donors (Lipinski definition) is 2. The van der Waals surface area contributed by atoms with Crippen molar-refractivity contribution in [2.24, 2.45) is 0 Å². The molecule has 0 aliphatic carbocycles. The summed E-state index contributed by atoms with van der Waals surface area (Å²) >= 11 is 3.58. The number of benzene rings is 2. The molecule has 0 fully saturated rings. The van der Waals surface area contributed by atoms with E-state index < -0.39 is 0 Å². The first-order valence-corrected chi connectivity index (χ1v) is 12.6. The van der Waals surface area contributed by atoms with Crippen LogP contribution in [0.15, 0.2) is 77.4 Å². The van der Waals surface area contributed by atoms with E-state index in [0.29, 0.717) is 34.1 Å². The molecule has 6 nitrogen and oxygen atoms in total. The van der Waals surface area contributed by atoms with Crippen molar-refractivity contribution < 1.29 is 9.50 Å². The van der Waals surface area contributed by atoms with Crippen LogP contribution >= 0.6 is 15.9 Å². The van der Waals surface area contributed by atoms with Gasteiger partial charge in [0.2, 0.25) is 0 Å². The molecule has 0 saturated heterocycles. The number of nitrogen functional groups attached to an aromatic ring is 1. The van der Waals surface area contributed by atoms with E-state index in [-0.39, 0.29) is 12.4 Å². The summed E-state index contributed by atoms with van der Waals surface area (Å²) in [6, 6.07) is 19.2. The third-order valence-electron chi connectivity index (χ3n) is 5.16. The lowest BCUT2D eigenvalue weighted by molar-refractivity contribution is 0.282. The molecule has 0 bridgehead atoms. The zero-order valence-electron chi connectivity index (χ0n) is 20.7. The van der Waals surface area contributed by atoms with Crippen molar-refractivity contribution >= 4 is 32.9 Å². The van der Waals surface area contributed by atoms with Crippen LogP contribution in [0.4, 0.5) is 10.2 Å². The molecule has 5 aromatic rings. The summed E-state index contributed by atoms with van der Waals surface area (Å²) in [5, 5.41) is 9.42. The summed E-state index contributed by atoms with van der Waals surface area (Å²) in [5.74, 6) is 0.640. The number of fused-ring (bicyclic) bond motifs is 1. The lowest BCUT2D eigenvalue weighted by atomic mass is 10.1. The second kappa shape index (κ2) is 12.4. The maximum absolute atomic E-state index is 13.5. The molecule has 0 aliphatic rings. The highest BCUT2D eigenvalue weighted by Crippen LogP contribution is 2.35. The molecule has 2 aromatic carbocycles. The van der Waals surface area contributed by atoms with Crippen LogP contribution in [0.25, 0.3) is 39.5 Å². The Morgan fingerprint density at radius 2 is 1.61 bits per heavy atom. The van der Waals surface area contributed by atoms with Crippen molar-refractivity contribution in [3.63, 3.8) is 0 Å². The number of imidazole rings is 1. The van der Waals surface area contributed by atoms with Crippen LogP contribution < -0.4 is 5.73 Å². The largest absolute Gasteiger partial charge is 0.392 e. The molecule has 3 aromatic heterocycles. The Labute approximate surface area is 218 Å². The molecule has 8 heteroatoms. The van der Waals surface area contributed by atoms with Gasteiger partial charge in [-0.3, -0.25) is 4.57 Å². The second-order valence-electron chi connectivity index (χ2n) is 7.20. The van der Waals surface area contributed by atoms with Crippen molar-refractivity contribution in [2.45, 2.75) is 34.3 Å². The quantitative estimate of drug-likeness (QED) is 0.248. The zero-order chi connectivity index (χ0) is 26.2. The molecule has 0 amide bonds. The number of anilines is 1. The fourth-order valence-corrected chi connectivity index (χ4v) is 4.11. The molecule has 3 N–H and O–H groups in total. The van der Waals surface area contributed by atoms with Gasteiger partial charge in [0, 0.05) is 21.9 Å². The second-order valence-corrected chi connectivity index (χ2v) is 8.05. The van der Waals surface area contributed by atoms with Crippen LogP contribution in [0.1, 0.15) is 33.3 Å². The van der Waals surface area contributed by atoms with Crippen LogP contribution in [0.2, 0.25) is 0 Å². The van der Waals surface area contributed by atoms with E-state index in [0.717, 1.165) is 21.3 Å². The third kappa shape index (κ3) is 5.45. The van der Waals surface area contributed by atoms with Crippen LogP contribution in [-0.4, -0.2) is 24.6 Å². The molecule has 0 atom stereocenters. The standard InChI is InChI=1S/C24H17BrFN5O.2C2H6/c25-19-12-20-24(30-21(19)15-5-7-16(26)8-6-15)31(17-9-3-14(13-32)4-10-17)23(29-20)18-2-1-11-28-22(18)27;2*1-2/h1-12,32H,13H2,(H2,27,28);2*1-2H3. The summed E-state index contributed by atoms with van der Waals surface area (Å²) < 4.78 is 16.1. The van der Waals surface area contributed by atoms with E-state index in [1.54, 1.807) is 24.4 Å². The van der Waals surface area contributed by atoms with Crippen molar-refractivity contribution in [3.8, 4) is 28.3 Å². The fraction of sp³-hybridized carbons (Fsp3) is 0.179. The van der Waals surface area contributed by atoms with Gasteiger partial charge in [0.05, 0.1) is 17.9 Å². The first-order chi connectivity index (χ1) is 17.5. The van der Waals surface area contributed by atoms with Crippen LogP contribution in [0, 0.1) is 5.82 Å². The molecule has 0 saturated carbocycles. The number of rotatable bonds is 4. The highest BCUT2D eigenvalue weighted by atomic mass is 79.9. The normalized spacial score (nSPS) is 10.3. The Balaban J connectivity index is 0.000000861. The average Bonchev–Trinajstić information content (AvgIpc) is 3.29. The Hall–Kier alpha value is -3.62. The van der Waals surface area contributed by atoms with Crippen molar-refractivity contribution in [1.29, 1.82) is 0 Å².